The fraction of sp³-hybridized carbons (Fsp3) is 0.444. The minimum atomic E-state index is -0.676. The number of hydrogen-bond acceptors (Lipinski definition) is 4. The van der Waals surface area contributed by atoms with Crippen LogP contribution in [0, 0.1) is 11.7 Å². The summed E-state index contributed by atoms with van der Waals surface area (Å²) in [6.45, 7) is 7.20. The normalized spacial score (nSPS) is 15.8. The van der Waals surface area contributed by atoms with Gasteiger partial charge in [0.15, 0.2) is 0 Å². The molecule has 0 bridgehead atoms. The van der Waals surface area contributed by atoms with E-state index in [-0.39, 0.29) is 11.8 Å². The van der Waals surface area contributed by atoms with Gasteiger partial charge in [-0.3, -0.25) is 0 Å². The van der Waals surface area contributed by atoms with Gasteiger partial charge in [-0.2, -0.15) is 0 Å². The molecule has 0 saturated carbocycles. The van der Waals surface area contributed by atoms with Crippen molar-refractivity contribution in [1.29, 1.82) is 0 Å². The number of hydrogen-bond donors (Lipinski definition) is 1. The minimum absolute atomic E-state index is 0.226. The predicted octanol–water partition coefficient (Wildman–Crippen LogP) is 4.64. The zero-order chi connectivity index (χ0) is 23.6. The first kappa shape index (κ1) is 23.5. The van der Waals surface area contributed by atoms with Crippen LogP contribution < -0.4 is 0 Å². The fourth-order valence-corrected chi connectivity index (χ4v) is 4.88. The molecule has 1 fully saturated rings. The number of nitrogens with zero attached hydrogens (tertiary/aromatic N) is 2. The van der Waals surface area contributed by atoms with Crippen molar-refractivity contribution >= 4 is 16.9 Å². The van der Waals surface area contributed by atoms with Crippen molar-refractivity contribution in [3.8, 4) is 0 Å². The number of likely N-dealkylation sites (tertiary alicyclic amines) is 1. The van der Waals surface area contributed by atoms with Crippen LogP contribution in [-0.4, -0.2) is 52.9 Å². The van der Waals surface area contributed by atoms with Crippen LogP contribution in [0.15, 0.2) is 48.7 Å². The van der Waals surface area contributed by atoms with Gasteiger partial charge >= 0.3 is 5.97 Å². The van der Waals surface area contributed by atoms with Crippen molar-refractivity contribution in [3.05, 3.63) is 71.2 Å². The highest BCUT2D eigenvalue weighted by atomic mass is 19.1. The molecule has 0 aliphatic carbocycles. The summed E-state index contributed by atoms with van der Waals surface area (Å²) in [5.41, 5.74) is 3.02. The van der Waals surface area contributed by atoms with Crippen molar-refractivity contribution in [3.63, 3.8) is 0 Å². The van der Waals surface area contributed by atoms with E-state index in [0.717, 1.165) is 54.5 Å². The SMILES string of the molecule is COC(=O)c1ccc(Cc2cn(CC3CCN(CC(C)(C)O)CC3)c3cc(F)ccc23)cc1. The molecule has 1 N–H and O–H groups in total. The second kappa shape index (κ2) is 9.65. The monoisotopic (exact) mass is 452 g/mol. The smallest absolute Gasteiger partial charge is 0.337 e. The number of rotatable bonds is 7. The van der Waals surface area contributed by atoms with Crippen LogP contribution in [0.4, 0.5) is 4.39 Å². The number of benzene rings is 2. The zero-order valence-corrected chi connectivity index (χ0v) is 19.7. The van der Waals surface area contributed by atoms with Gasteiger partial charge in [0.05, 0.1) is 23.8 Å². The number of β-amino-alcohol motifs (C(OH)–C–C–N with tert-alkyl or cyclic N) is 1. The highest BCUT2D eigenvalue weighted by molar-refractivity contribution is 5.89. The van der Waals surface area contributed by atoms with Gasteiger partial charge in [0.25, 0.3) is 0 Å². The molecule has 33 heavy (non-hydrogen) atoms. The summed E-state index contributed by atoms with van der Waals surface area (Å²) >= 11 is 0. The van der Waals surface area contributed by atoms with E-state index >= 15 is 0 Å². The molecule has 1 aliphatic heterocycles. The Morgan fingerprint density at radius 2 is 1.85 bits per heavy atom. The van der Waals surface area contributed by atoms with Gasteiger partial charge in [-0.15, -0.1) is 0 Å². The van der Waals surface area contributed by atoms with Crippen molar-refractivity contribution < 1.29 is 19.0 Å². The topological polar surface area (TPSA) is 54.7 Å². The number of carbonyl (C=O) groups is 1. The van der Waals surface area contributed by atoms with Crippen LogP contribution in [0.1, 0.15) is 48.2 Å². The Hall–Kier alpha value is -2.70. The Bertz CT molecular complexity index is 1110. The van der Waals surface area contributed by atoms with Crippen LogP contribution in [0.25, 0.3) is 10.9 Å². The van der Waals surface area contributed by atoms with Gasteiger partial charge in [-0.1, -0.05) is 12.1 Å². The molecular weight excluding hydrogens is 419 g/mol. The molecule has 2 heterocycles. The maximum absolute atomic E-state index is 14.1. The van der Waals surface area contributed by atoms with E-state index in [0.29, 0.717) is 24.4 Å². The molecule has 0 atom stereocenters. The third-order valence-electron chi connectivity index (χ3n) is 6.47. The largest absolute Gasteiger partial charge is 0.465 e. The average molecular weight is 453 g/mol. The summed E-state index contributed by atoms with van der Waals surface area (Å²) in [7, 11) is 1.38. The molecule has 2 aromatic carbocycles. The van der Waals surface area contributed by atoms with Crippen LogP contribution in [0.5, 0.6) is 0 Å². The number of fused-ring (bicyclic) bond motifs is 1. The molecule has 1 aliphatic rings. The maximum atomic E-state index is 14.1. The van der Waals surface area contributed by atoms with Gasteiger partial charge in [-0.25, -0.2) is 9.18 Å². The van der Waals surface area contributed by atoms with E-state index in [1.807, 2.05) is 32.0 Å². The van der Waals surface area contributed by atoms with Crippen LogP contribution in [-0.2, 0) is 17.7 Å². The van der Waals surface area contributed by atoms with Gasteiger partial charge in [0, 0.05) is 24.7 Å². The number of halogens is 1. The number of aliphatic hydroxyl groups is 1. The Balaban J connectivity index is 1.50. The summed E-state index contributed by atoms with van der Waals surface area (Å²) in [4.78, 5) is 14.0. The zero-order valence-electron chi connectivity index (χ0n) is 19.7. The van der Waals surface area contributed by atoms with Gasteiger partial charge in [-0.05, 0) is 93.6 Å². The molecule has 0 unspecified atom stereocenters. The predicted molar refractivity (Wildman–Crippen MR) is 128 cm³/mol. The molecule has 6 heteroatoms. The number of esters is 1. The molecule has 0 radical (unpaired) electrons. The van der Waals surface area contributed by atoms with Gasteiger partial charge in [0.2, 0.25) is 0 Å². The van der Waals surface area contributed by atoms with E-state index in [2.05, 4.69) is 15.7 Å². The van der Waals surface area contributed by atoms with Crippen LogP contribution in [0.2, 0.25) is 0 Å². The highest BCUT2D eigenvalue weighted by Gasteiger charge is 2.24. The third kappa shape index (κ3) is 5.81. The number of methoxy groups -OCH3 is 1. The van der Waals surface area contributed by atoms with E-state index < -0.39 is 5.60 Å². The molecule has 0 spiro atoms. The summed E-state index contributed by atoms with van der Waals surface area (Å²) in [6.07, 6.45) is 4.99. The first-order valence-corrected chi connectivity index (χ1v) is 11.6. The first-order valence-electron chi connectivity index (χ1n) is 11.6. The van der Waals surface area contributed by atoms with Crippen molar-refractivity contribution in [1.82, 2.24) is 9.47 Å². The van der Waals surface area contributed by atoms with Gasteiger partial charge < -0.3 is 19.3 Å². The average Bonchev–Trinajstić information content (AvgIpc) is 3.10. The number of piperidine rings is 1. The molecule has 176 valence electrons. The summed E-state index contributed by atoms with van der Waals surface area (Å²) in [5.74, 6) is -0.0489. The Morgan fingerprint density at radius 1 is 1.15 bits per heavy atom. The molecule has 0 amide bonds. The van der Waals surface area contributed by atoms with Crippen LogP contribution >= 0.6 is 0 Å². The molecule has 5 nitrogen and oxygen atoms in total. The quantitative estimate of drug-likeness (QED) is 0.531. The summed E-state index contributed by atoms with van der Waals surface area (Å²) < 4.78 is 21.1. The van der Waals surface area contributed by atoms with Crippen molar-refractivity contribution in [2.24, 2.45) is 5.92 Å². The lowest BCUT2D eigenvalue weighted by Gasteiger charge is -2.35. The molecule has 3 aromatic rings. The Kier molecular flexibility index (Phi) is 6.86. The first-order chi connectivity index (χ1) is 15.7. The minimum Gasteiger partial charge on any atom is -0.465 e. The number of aromatic nitrogens is 1. The Morgan fingerprint density at radius 3 is 2.48 bits per heavy atom. The van der Waals surface area contributed by atoms with E-state index in [1.54, 1.807) is 18.2 Å². The second-order valence-corrected chi connectivity index (χ2v) is 9.87. The van der Waals surface area contributed by atoms with Crippen LogP contribution in [0.3, 0.4) is 0 Å². The van der Waals surface area contributed by atoms with E-state index in [1.165, 1.54) is 13.2 Å². The lowest BCUT2D eigenvalue weighted by molar-refractivity contribution is 0.0235. The highest BCUT2D eigenvalue weighted by Crippen LogP contribution is 2.28. The van der Waals surface area contributed by atoms with Crippen molar-refractivity contribution in [2.45, 2.75) is 45.3 Å². The summed E-state index contributed by atoms with van der Waals surface area (Å²) in [6, 6.07) is 12.5. The van der Waals surface area contributed by atoms with Crippen molar-refractivity contribution in [2.75, 3.05) is 26.7 Å². The fourth-order valence-electron chi connectivity index (χ4n) is 4.88. The number of ether oxygens (including phenoxy) is 1. The summed E-state index contributed by atoms with van der Waals surface area (Å²) in [5, 5.41) is 11.2. The molecule has 1 saturated heterocycles. The maximum Gasteiger partial charge on any atom is 0.337 e. The number of carbonyl (C=O) groups excluding carboxylic acids is 1. The lowest BCUT2D eigenvalue weighted by Crippen LogP contribution is -2.43. The standard InChI is InChI=1S/C27H33FN2O3/c1-27(2,32)18-29-12-10-20(11-13-29)16-30-17-22(24-9-8-23(28)15-25(24)30)14-19-4-6-21(7-5-19)26(31)33-3/h4-9,15,17,20,32H,10-14,16,18H2,1-3H3. The third-order valence-corrected chi connectivity index (χ3v) is 6.47. The molecule has 1 aromatic heterocycles. The Labute approximate surface area is 194 Å². The van der Waals surface area contributed by atoms with E-state index in [9.17, 15) is 14.3 Å². The lowest BCUT2D eigenvalue weighted by atomic mass is 9.95. The molecule has 4 rings (SSSR count). The second-order valence-electron chi connectivity index (χ2n) is 9.87. The molecular formula is C27H33FN2O3. The van der Waals surface area contributed by atoms with Gasteiger partial charge in [0.1, 0.15) is 5.82 Å². The van der Waals surface area contributed by atoms with E-state index in [4.69, 9.17) is 4.74 Å².